The molecule has 1 fully saturated rings. The molecule has 1 saturated heterocycles. The number of aromatic nitrogens is 3. The smallest absolute Gasteiger partial charge is 0.158 e. The van der Waals surface area contributed by atoms with Gasteiger partial charge in [0.05, 0.1) is 5.52 Å². The molecule has 3 heterocycles. The largest absolute Gasteiger partial charge is 0.355 e. The lowest BCUT2D eigenvalue weighted by Crippen LogP contribution is -2.37. The molecular formula is C10H10N4. The zero-order chi connectivity index (χ0) is 9.38. The first-order chi connectivity index (χ1) is 6.95. The molecule has 0 saturated carbocycles. The predicted molar refractivity (Wildman–Crippen MR) is 54.2 cm³/mol. The highest BCUT2D eigenvalue weighted by Gasteiger charge is 2.18. The van der Waals surface area contributed by atoms with Crippen LogP contribution in [0.1, 0.15) is 6.42 Å². The van der Waals surface area contributed by atoms with E-state index in [1.54, 1.807) is 12.5 Å². The molecule has 4 nitrogen and oxygen atoms in total. The van der Waals surface area contributed by atoms with Crippen LogP contribution in [0.3, 0.4) is 0 Å². The summed E-state index contributed by atoms with van der Waals surface area (Å²) in [7, 11) is 0. The van der Waals surface area contributed by atoms with Crippen LogP contribution in [0.15, 0.2) is 24.7 Å². The summed E-state index contributed by atoms with van der Waals surface area (Å²) >= 11 is 0. The van der Waals surface area contributed by atoms with E-state index in [0.717, 1.165) is 29.9 Å². The number of hydrogen-bond donors (Lipinski definition) is 0. The summed E-state index contributed by atoms with van der Waals surface area (Å²) in [4.78, 5) is 15.0. The summed E-state index contributed by atoms with van der Waals surface area (Å²) in [6, 6.07) is 3.86. The SMILES string of the molecule is c1cnc2c(N3CCC3)ncnc2c1. The van der Waals surface area contributed by atoms with Gasteiger partial charge in [-0.1, -0.05) is 0 Å². The number of hydrogen-bond acceptors (Lipinski definition) is 4. The number of pyridine rings is 1. The average molecular weight is 186 g/mol. The maximum atomic E-state index is 4.32. The van der Waals surface area contributed by atoms with Crippen LogP contribution in [0.4, 0.5) is 5.82 Å². The zero-order valence-electron chi connectivity index (χ0n) is 7.72. The third kappa shape index (κ3) is 1.04. The first kappa shape index (κ1) is 7.67. The first-order valence-electron chi connectivity index (χ1n) is 4.76. The van der Waals surface area contributed by atoms with Crippen molar-refractivity contribution in [3.63, 3.8) is 0 Å². The van der Waals surface area contributed by atoms with Gasteiger partial charge in [-0.2, -0.15) is 0 Å². The number of nitrogens with zero attached hydrogens (tertiary/aromatic N) is 4. The molecule has 14 heavy (non-hydrogen) atoms. The molecule has 1 aliphatic heterocycles. The second-order valence-electron chi connectivity index (χ2n) is 3.41. The van der Waals surface area contributed by atoms with Crippen LogP contribution >= 0.6 is 0 Å². The summed E-state index contributed by atoms with van der Waals surface area (Å²) in [6.45, 7) is 2.17. The van der Waals surface area contributed by atoms with E-state index in [0.29, 0.717) is 0 Å². The van der Waals surface area contributed by atoms with Crippen molar-refractivity contribution in [2.24, 2.45) is 0 Å². The third-order valence-corrected chi connectivity index (χ3v) is 2.53. The Morgan fingerprint density at radius 3 is 2.86 bits per heavy atom. The molecule has 2 aromatic rings. The molecule has 70 valence electrons. The minimum absolute atomic E-state index is 0.912. The van der Waals surface area contributed by atoms with E-state index in [1.807, 2.05) is 12.1 Å². The minimum atomic E-state index is 0.912. The molecule has 3 rings (SSSR count). The van der Waals surface area contributed by atoms with Crippen LogP contribution in [-0.4, -0.2) is 28.0 Å². The zero-order valence-corrected chi connectivity index (χ0v) is 7.72. The fourth-order valence-corrected chi connectivity index (χ4v) is 1.64. The van der Waals surface area contributed by atoms with Gasteiger partial charge in [0.1, 0.15) is 11.8 Å². The highest BCUT2D eigenvalue weighted by atomic mass is 15.2. The minimum Gasteiger partial charge on any atom is -0.355 e. The molecule has 0 bridgehead atoms. The lowest BCUT2D eigenvalue weighted by molar-refractivity contribution is 0.611. The monoisotopic (exact) mass is 186 g/mol. The van der Waals surface area contributed by atoms with Crippen molar-refractivity contribution in [1.82, 2.24) is 15.0 Å². The van der Waals surface area contributed by atoms with Crippen molar-refractivity contribution in [3.05, 3.63) is 24.7 Å². The fourth-order valence-electron chi connectivity index (χ4n) is 1.64. The maximum absolute atomic E-state index is 4.32. The summed E-state index contributed by atoms with van der Waals surface area (Å²) in [5, 5.41) is 0. The molecule has 0 N–H and O–H groups in total. The van der Waals surface area contributed by atoms with Gasteiger partial charge in [0, 0.05) is 19.3 Å². The van der Waals surface area contributed by atoms with Crippen LogP contribution in [0.25, 0.3) is 11.0 Å². The maximum Gasteiger partial charge on any atom is 0.158 e. The van der Waals surface area contributed by atoms with Crippen LogP contribution in [0, 0.1) is 0 Å². The summed E-state index contributed by atoms with van der Waals surface area (Å²) in [5.41, 5.74) is 1.83. The quantitative estimate of drug-likeness (QED) is 0.671. The molecule has 0 unspecified atom stereocenters. The van der Waals surface area contributed by atoms with E-state index < -0.39 is 0 Å². The van der Waals surface area contributed by atoms with Gasteiger partial charge in [-0.3, -0.25) is 4.98 Å². The normalized spacial score (nSPS) is 15.6. The molecule has 4 heteroatoms. The molecular weight excluding hydrogens is 176 g/mol. The Bertz CT molecular complexity index is 459. The molecule has 0 aliphatic carbocycles. The standard InChI is InChI=1S/C10H10N4/c1-3-8-9(11-4-1)10(13-7-12-8)14-5-2-6-14/h1,3-4,7H,2,5-6H2. The van der Waals surface area contributed by atoms with E-state index in [1.165, 1.54) is 6.42 Å². The van der Waals surface area contributed by atoms with Crippen LogP contribution in [-0.2, 0) is 0 Å². The molecule has 0 amide bonds. The Morgan fingerprint density at radius 1 is 1.14 bits per heavy atom. The fraction of sp³-hybridized carbons (Fsp3) is 0.300. The second kappa shape index (κ2) is 2.90. The van der Waals surface area contributed by atoms with Crippen LogP contribution in [0.5, 0.6) is 0 Å². The highest BCUT2D eigenvalue weighted by molar-refractivity contribution is 5.85. The Hall–Kier alpha value is -1.71. The highest BCUT2D eigenvalue weighted by Crippen LogP contribution is 2.23. The second-order valence-corrected chi connectivity index (χ2v) is 3.41. The number of anilines is 1. The Labute approximate surface area is 81.6 Å². The van der Waals surface area contributed by atoms with E-state index in [4.69, 9.17) is 0 Å². The van der Waals surface area contributed by atoms with Crippen molar-refractivity contribution in [2.75, 3.05) is 18.0 Å². The van der Waals surface area contributed by atoms with Crippen molar-refractivity contribution in [3.8, 4) is 0 Å². The Morgan fingerprint density at radius 2 is 2.07 bits per heavy atom. The van der Waals surface area contributed by atoms with Crippen molar-refractivity contribution in [1.29, 1.82) is 0 Å². The number of rotatable bonds is 1. The van der Waals surface area contributed by atoms with E-state index in [9.17, 15) is 0 Å². The predicted octanol–water partition coefficient (Wildman–Crippen LogP) is 1.23. The van der Waals surface area contributed by atoms with E-state index in [-0.39, 0.29) is 0 Å². The number of fused-ring (bicyclic) bond motifs is 1. The molecule has 0 atom stereocenters. The van der Waals surface area contributed by atoms with Gasteiger partial charge < -0.3 is 4.90 Å². The molecule has 0 spiro atoms. The molecule has 2 aromatic heterocycles. The van der Waals surface area contributed by atoms with Gasteiger partial charge in [-0.15, -0.1) is 0 Å². The Balaban J connectivity index is 2.22. The summed E-state index contributed by atoms with van der Waals surface area (Å²) in [6.07, 6.45) is 4.64. The molecule has 1 aliphatic rings. The third-order valence-electron chi connectivity index (χ3n) is 2.53. The van der Waals surface area contributed by atoms with Crippen molar-refractivity contribution >= 4 is 16.9 Å². The van der Waals surface area contributed by atoms with E-state index >= 15 is 0 Å². The van der Waals surface area contributed by atoms with Crippen LogP contribution in [0.2, 0.25) is 0 Å². The van der Waals surface area contributed by atoms with E-state index in [2.05, 4.69) is 19.9 Å². The van der Waals surface area contributed by atoms with Crippen LogP contribution < -0.4 is 4.90 Å². The Kier molecular flexibility index (Phi) is 1.59. The summed E-state index contributed by atoms with van der Waals surface area (Å²) in [5.74, 6) is 0.974. The average Bonchev–Trinajstić information content (AvgIpc) is 2.16. The van der Waals surface area contributed by atoms with Gasteiger partial charge in [0.15, 0.2) is 5.82 Å². The molecule has 0 aromatic carbocycles. The first-order valence-corrected chi connectivity index (χ1v) is 4.76. The van der Waals surface area contributed by atoms with Crippen molar-refractivity contribution in [2.45, 2.75) is 6.42 Å². The lowest BCUT2D eigenvalue weighted by Gasteiger charge is -2.32. The summed E-state index contributed by atoms with van der Waals surface area (Å²) < 4.78 is 0. The van der Waals surface area contributed by atoms with Gasteiger partial charge in [0.2, 0.25) is 0 Å². The van der Waals surface area contributed by atoms with Gasteiger partial charge in [-0.25, -0.2) is 9.97 Å². The van der Waals surface area contributed by atoms with Crippen molar-refractivity contribution < 1.29 is 0 Å². The topological polar surface area (TPSA) is 41.9 Å². The van der Waals surface area contributed by atoms with Gasteiger partial charge in [0.25, 0.3) is 0 Å². The van der Waals surface area contributed by atoms with Gasteiger partial charge >= 0.3 is 0 Å². The van der Waals surface area contributed by atoms with Gasteiger partial charge in [-0.05, 0) is 18.6 Å². The lowest BCUT2D eigenvalue weighted by atomic mass is 10.2. The molecule has 0 radical (unpaired) electrons.